The SMILES string of the molecule is CNC(=O)c1ccc([C@@H](C)N2C(=O)[C@@H]3C[C@H]2CN3C[C@H](NC(=O)OC(C)(C)C)C(=O)N2CCC[C@H]2C#N)cc1. The number of carbonyl (C=O) groups excluding carboxylic acids is 4. The van der Waals surface area contributed by atoms with E-state index in [1.807, 2.05) is 28.9 Å². The Labute approximate surface area is 229 Å². The summed E-state index contributed by atoms with van der Waals surface area (Å²) in [5, 5.41) is 14.8. The maximum atomic E-state index is 13.5. The molecule has 11 heteroatoms. The van der Waals surface area contributed by atoms with E-state index in [-0.39, 0.29) is 36.3 Å². The number of benzene rings is 1. The highest BCUT2D eigenvalue weighted by molar-refractivity contribution is 5.94. The van der Waals surface area contributed by atoms with Crippen LogP contribution in [-0.4, -0.2) is 95.0 Å². The second-order valence-corrected chi connectivity index (χ2v) is 11.5. The van der Waals surface area contributed by atoms with Crippen LogP contribution in [0.25, 0.3) is 0 Å². The van der Waals surface area contributed by atoms with Crippen LogP contribution in [0.3, 0.4) is 0 Å². The molecule has 4 rings (SSSR count). The molecular formula is C28H38N6O5. The lowest BCUT2D eigenvalue weighted by Gasteiger charge is -2.39. The van der Waals surface area contributed by atoms with Gasteiger partial charge in [0.25, 0.3) is 5.91 Å². The maximum Gasteiger partial charge on any atom is 0.408 e. The average Bonchev–Trinajstić information content (AvgIpc) is 3.60. The predicted molar refractivity (Wildman–Crippen MR) is 142 cm³/mol. The summed E-state index contributed by atoms with van der Waals surface area (Å²) in [6, 6.07) is 7.35. The third-order valence-corrected chi connectivity index (χ3v) is 7.70. The molecular weight excluding hydrogens is 500 g/mol. The summed E-state index contributed by atoms with van der Waals surface area (Å²) in [7, 11) is 1.58. The lowest BCUT2D eigenvalue weighted by atomic mass is 10.0. The second-order valence-electron chi connectivity index (χ2n) is 11.5. The molecule has 3 aliphatic heterocycles. The number of hydrogen-bond acceptors (Lipinski definition) is 7. The zero-order valence-corrected chi connectivity index (χ0v) is 23.3. The van der Waals surface area contributed by atoms with E-state index >= 15 is 0 Å². The molecule has 11 nitrogen and oxygen atoms in total. The number of rotatable bonds is 7. The average molecular weight is 539 g/mol. The van der Waals surface area contributed by atoms with Crippen molar-refractivity contribution in [3.8, 4) is 6.07 Å². The number of hydrogen-bond donors (Lipinski definition) is 2. The molecule has 2 N–H and O–H groups in total. The van der Waals surface area contributed by atoms with Crippen molar-refractivity contribution >= 4 is 23.8 Å². The number of alkyl carbamates (subject to hydrolysis) is 1. The van der Waals surface area contributed by atoms with Crippen LogP contribution in [0, 0.1) is 11.3 Å². The van der Waals surface area contributed by atoms with Crippen LogP contribution in [0.4, 0.5) is 4.79 Å². The molecule has 0 unspecified atom stereocenters. The summed E-state index contributed by atoms with van der Waals surface area (Å²) in [4.78, 5) is 56.9. The Hall–Kier alpha value is -3.65. The third-order valence-electron chi connectivity index (χ3n) is 7.70. The van der Waals surface area contributed by atoms with E-state index in [0.717, 1.165) is 12.0 Å². The number of nitriles is 1. The van der Waals surface area contributed by atoms with Crippen molar-refractivity contribution in [1.82, 2.24) is 25.3 Å². The van der Waals surface area contributed by atoms with Crippen molar-refractivity contribution in [3.63, 3.8) is 0 Å². The third kappa shape index (κ3) is 6.01. The van der Waals surface area contributed by atoms with E-state index < -0.39 is 29.8 Å². The molecule has 4 amide bonds. The molecule has 1 aromatic carbocycles. The van der Waals surface area contributed by atoms with Gasteiger partial charge in [-0.25, -0.2) is 4.79 Å². The molecule has 0 saturated carbocycles. The van der Waals surface area contributed by atoms with Crippen LogP contribution in [0.1, 0.15) is 68.9 Å². The largest absolute Gasteiger partial charge is 0.444 e. The van der Waals surface area contributed by atoms with Crippen molar-refractivity contribution < 1.29 is 23.9 Å². The van der Waals surface area contributed by atoms with Crippen molar-refractivity contribution in [3.05, 3.63) is 35.4 Å². The van der Waals surface area contributed by atoms with E-state index in [1.54, 1.807) is 40.0 Å². The van der Waals surface area contributed by atoms with E-state index in [2.05, 4.69) is 16.7 Å². The molecule has 0 aromatic heterocycles. The number of piperazine rings is 1. The molecule has 5 atom stereocenters. The lowest BCUT2D eigenvalue weighted by Crippen LogP contribution is -2.59. The fraction of sp³-hybridized carbons (Fsp3) is 0.607. The summed E-state index contributed by atoms with van der Waals surface area (Å²) in [6.07, 6.45) is 1.26. The molecule has 0 radical (unpaired) electrons. The van der Waals surface area contributed by atoms with Crippen LogP contribution in [0.5, 0.6) is 0 Å². The molecule has 3 saturated heterocycles. The van der Waals surface area contributed by atoms with Gasteiger partial charge in [-0.15, -0.1) is 0 Å². The van der Waals surface area contributed by atoms with Gasteiger partial charge >= 0.3 is 6.09 Å². The number of nitrogens with zero attached hydrogens (tertiary/aromatic N) is 4. The molecule has 3 aliphatic rings. The molecule has 2 bridgehead atoms. The minimum atomic E-state index is -0.941. The van der Waals surface area contributed by atoms with Gasteiger partial charge in [0.1, 0.15) is 17.7 Å². The lowest BCUT2D eigenvalue weighted by molar-refractivity contribution is -0.141. The summed E-state index contributed by atoms with van der Waals surface area (Å²) in [5.74, 6) is -0.518. The maximum absolute atomic E-state index is 13.5. The van der Waals surface area contributed by atoms with Crippen LogP contribution in [0.2, 0.25) is 0 Å². The van der Waals surface area contributed by atoms with Crippen LogP contribution < -0.4 is 10.6 Å². The normalized spacial score (nSPS) is 24.3. The summed E-state index contributed by atoms with van der Waals surface area (Å²) < 4.78 is 5.41. The zero-order chi connectivity index (χ0) is 28.5. The van der Waals surface area contributed by atoms with E-state index in [4.69, 9.17) is 4.74 Å². The van der Waals surface area contributed by atoms with Crippen LogP contribution in [0.15, 0.2) is 24.3 Å². The smallest absolute Gasteiger partial charge is 0.408 e. The molecule has 0 aliphatic carbocycles. The summed E-state index contributed by atoms with van der Waals surface area (Å²) in [6.45, 7) is 8.39. The number of amides is 4. The topological polar surface area (TPSA) is 135 Å². The van der Waals surface area contributed by atoms with Gasteiger partial charge in [0, 0.05) is 38.3 Å². The molecule has 210 valence electrons. The van der Waals surface area contributed by atoms with Gasteiger partial charge in [0.2, 0.25) is 11.8 Å². The van der Waals surface area contributed by atoms with Gasteiger partial charge in [-0.2, -0.15) is 5.26 Å². The Kier molecular flexibility index (Phi) is 8.16. The standard InChI is InChI=1S/C28H38N6O5/c1-17(18-8-10-19(11-9-18)24(35)30-5)34-21-13-23(26(34)37)32(15-21)16-22(31-27(38)39-28(2,3)4)25(36)33-12-6-7-20(33)14-29/h8-11,17,20-23H,6-7,12-13,15-16H2,1-5H3,(H,30,35)(H,31,38)/t17-,20+,21+,22+,23+/m1/s1. The van der Waals surface area contributed by atoms with Gasteiger partial charge in [0.05, 0.1) is 18.2 Å². The van der Waals surface area contributed by atoms with Crippen molar-refractivity contribution in [2.45, 2.75) is 82.8 Å². The van der Waals surface area contributed by atoms with Crippen molar-refractivity contribution in [1.29, 1.82) is 5.26 Å². The van der Waals surface area contributed by atoms with E-state index in [9.17, 15) is 24.4 Å². The van der Waals surface area contributed by atoms with Crippen LogP contribution in [-0.2, 0) is 14.3 Å². The highest BCUT2D eigenvalue weighted by Crippen LogP contribution is 2.38. The van der Waals surface area contributed by atoms with Crippen molar-refractivity contribution in [2.24, 2.45) is 0 Å². The highest BCUT2D eigenvalue weighted by Gasteiger charge is 2.52. The first kappa shape index (κ1) is 28.4. The Bertz CT molecular complexity index is 1160. The number of nitrogens with one attached hydrogen (secondary N) is 2. The quantitative estimate of drug-likeness (QED) is 0.540. The number of ether oxygens (including phenoxy) is 1. The van der Waals surface area contributed by atoms with Gasteiger partial charge < -0.3 is 25.2 Å². The number of carbonyl (C=O) groups is 4. The Morgan fingerprint density at radius 3 is 2.49 bits per heavy atom. The summed E-state index contributed by atoms with van der Waals surface area (Å²) in [5.41, 5.74) is 0.753. The van der Waals surface area contributed by atoms with Gasteiger partial charge in [-0.3, -0.25) is 19.3 Å². The Morgan fingerprint density at radius 1 is 1.21 bits per heavy atom. The zero-order valence-electron chi connectivity index (χ0n) is 23.3. The van der Waals surface area contributed by atoms with E-state index in [1.165, 1.54) is 4.90 Å². The predicted octanol–water partition coefficient (Wildman–Crippen LogP) is 1.80. The number of likely N-dealkylation sites (tertiary alicyclic amines) is 3. The molecule has 3 fully saturated rings. The van der Waals surface area contributed by atoms with Gasteiger partial charge in [-0.1, -0.05) is 12.1 Å². The fourth-order valence-electron chi connectivity index (χ4n) is 5.85. The van der Waals surface area contributed by atoms with Crippen molar-refractivity contribution in [2.75, 3.05) is 26.7 Å². The highest BCUT2D eigenvalue weighted by atomic mass is 16.6. The number of fused-ring (bicyclic) bond motifs is 2. The Balaban J connectivity index is 1.46. The molecule has 39 heavy (non-hydrogen) atoms. The monoisotopic (exact) mass is 538 g/mol. The molecule has 1 aromatic rings. The first-order valence-corrected chi connectivity index (χ1v) is 13.5. The van der Waals surface area contributed by atoms with Gasteiger partial charge in [0.15, 0.2) is 0 Å². The minimum absolute atomic E-state index is 0.0198. The molecule has 0 spiro atoms. The summed E-state index contributed by atoms with van der Waals surface area (Å²) >= 11 is 0. The molecule has 3 heterocycles. The fourth-order valence-corrected chi connectivity index (χ4v) is 5.85. The van der Waals surface area contributed by atoms with Gasteiger partial charge in [-0.05, 0) is 64.7 Å². The second kappa shape index (κ2) is 11.2. The van der Waals surface area contributed by atoms with E-state index in [0.29, 0.717) is 31.5 Å². The van der Waals surface area contributed by atoms with Crippen LogP contribution >= 0.6 is 0 Å². The first-order valence-electron chi connectivity index (χ1n) is 13.5. The Morgan fingerprint density at radius 2 is 1.90 bits per heavy atom. The first-order chi connectivity index (χ1) is 18.4. The minimum Gasteiger partial charge on any atom is -0.444 e.